The maximum atomic E-state index is 12.8. The third kappa shape index (κ3) is 7.81. The zero-order valence-corrected chi connectivity index (χ0v) is 24.3. The van der Waals surface area contributed by atoms with Crippen molar-refractivity contribution >= 4 is 23.6 Å². The van der Waals surface area contributed by atoms with E-state index in [9.17, 15) is 35.1 Å². The lowest BCUT2D eigenvalue weighted by molar-refractivity contribution is -0.277. The lowest BCUT2D eigenvalue weighted by atomic mass is 9.99. The second-order valence-electron chi connectivity index (χ2n) is 9.21. The molecule has 0 spiro atoms. The van der Waals surface area contributed by atoms with Crippen LogP contribution in [0.25, 0.3) is 0 Å². The number of esters is 1. The van der Waals surface area contributed by atoms with Gasteiger partial charge in [-0.2, -0.15) is 0 Å². The number of aliphatic imine (C=N–C) groups is 1. The van der Waals surface area contributed by atoms with Gasteiger partial charge in [0, 0.05) is 25.7 Å². The maximum Gasteiger partial charge on any atom is 0.338 e. The molecule has 0 amide bonds. The quantitative estimate of drug-likeness (QED) is 0.0602. The van der Waals surface area contributed by atoms with Gasteiger partial charge in [-0.25, -0.2) is 9.59 Å². The molecule has 1 fully saturated rings. The van der Waals surface area contributed by atoms with Gasteiger partial charge in [0.15, 0.2) is 35.7 Å². The van der Waals surface area contributed by atoms with Crippen molar-refractivity contribution in [1.29, 1.82) is 0 Å². The lowest BCUT2D eigenvalue weighted by Crippen LogP contribution is -2.60. The van der Waals surface area contributed by atoms with E-state index in [1.807, 2.05) is 0 Å². The number of aliphatic hydroxyl groups is 3. The van der Waals surface area contributed by atoms with Gasteiger partial charge in [-0.3, -0.25) is 4.99 Å². The molecule has 2 aromatic carbocycles. The number of hydrogen-bond donors (Lipinski definition) is 8. The van der Waals surface area contributed by atoms with E-state index in [1.54, 1.807) is 6.92 Å². The van der Waals surface area contributed by atoms with E-state index in [-0.39, 0.29) is 58.3 Å². The molecule has 0 radical (unpaired) electrons. The number of carboxylic acid groups (broad SMARTS) is 1. The summed E-state index contributed by atoms with van der Waals surface area (Å²) in [5.74, 6) is -2.78. The molecule has 17 heteroatoms. The van der Waals surface area contributed by atoms with Gasteiger partial charge >= 0.3 is 11.9 Å². The number of phenols is 1. The van der Waals surface area contributed by atoms with Gasteiger partial charge in [-0.05, 0) is 19.1 Å². The van der Waals surface area contributed by atoms with Crippen molar-refractivity contribution in [1.82, 2.24) is 5.32 Å². The van der Waals surface area contributed by atoms with E-state index < -0.39 is 49.3 Å². The monoisotopic (exact) mass is 624 g/mol. The van der Waals surface area contributed by atoms with Gasteiger partial charge in [0.1, 0.15) is 31.0 Å². The Bertz CT molecular complexity index is 1330. The molecule has 0 aromatic heterocycles. The third-order valence-corrected chi connectivity index (χ3v) is 6.41. The molecule has 17 nitrogen and oxygen atoms in total. The zero-order valence-electron chi connectivity index (χ0n) is 24.3. The van der Waals surface area contributed by atoms with Crippen LogP contribution in [0.3, 0.4) is 0 Å². The standard InChI is InChI=1S/C27H36N4O13/c1-5-30-14-9-16(15(8-13(14)24(36)37)42-11-31-27(28)29-2)43-26-23(35)22(34)21(33)19(44-26)10-41-25(38)12-6-17(39-3)20(32)18(7-12)40-4/h6-9,19,21-23,26,30,32-35H,5,10-11H2,1-4H3,(H,36,37)(H3,28,29,31). The number of carbonyl (C=O) groups is 2. The molecule has 242 valence electrons. The Morgan fingerprint density at radius 2 is 1.66 bits per heavy atom. The van der Waals surface area contributed by atoms with E-state index in [0.29, 0.717) is 6.54 Å². The van der Waals surface area contributed by atoms with Crippen LogP contribution in [0.2, 0.25) is 0 Å². The minimum atomic E-state index is -1.80. The second kappa shape index (κ2) is 15.1. The van der Waals surface area contributed by atoms with Crippen LogP contribution in [-0.2, 0) is 9.47 Å². The van der Waals surface area contributed by atoms with E-state index in [4.69, 9.17) is 34.2 Å². The average Bonchev–Trinajstić information content (AvgIpc) is 3.01. The van der Waals surface area contributed by atoms with Crippen LogP contribution in [0.15, 0.2) is 29.3 Å². The number of phenolic OH excluding ortho intramolecular Hbond substituents is 1. The molecule has 0 saturated carbocycles. The Labute approximate surface area is 251 Å². The minimum absolute atomic E-state index is 0.0416. The van der Waals surface area contributed by atoms with Crippen molar-refractivity contribution in [2.24, 2.45) is 10.7 Å². The summed E-state index contributed by atoms with van der Waals surface area (Å²) in [5.41, 5.74) is 5.55. The van der Waals surface area contributed by atoms with Gasteiger partial charge in [0.25, 0.3) is 0 Å². The largest absolute Gasteiger partial charge is 0.502 e. The second-order valence-corrected chi connectivity index (χ2v) is 9.21. The number of guanidine groups is 1. The van der Waals surface area contributed by atoms with Crippen molar-refractivity contribution < 1.29 is 63.5 Å². The molecule has 0 aliphatic carbocycles. The number of nitrogens with two attached hydrogens (primary N) is 1. The normalized spacial score (nSPS) is 21.6. The number of ether oxygens (including phenoxy) is 6. The Hall–Kier alpha value is -4.71. The number of aromatic hydroxyl groups is 1. The lowest BCUT2D eigenvalue weighted by Gasteiger charge is -2.40. The molecule has 1 saturated heterocycles. The molecule has 2 aromatic rings. The predicted molar refractivity (Wildman–Crippen MR) is 153 cm³/mol. The molecule has 1 heterocycles. The maximum absolute atomic E-state index is 12.8. The Morgan fingerprint density at radius 1 is 1.00 bits per heavy atom. The number of nitrogens with one attached hydrogen (secondary N) is 2. The van der Waals surface area contributed by atoms with Crippen LogP contribution >= 0.6 is 0 Å². The smallest absolute Gasteiger partial charge is 0.338 e. The first-order valence-electron chi connectivity index (χ1n) is 13.2. The van der Waals surface area contributed by atoms with Crippen molar-refractivity contribution in [3.63, 3.8) is 0 Å². The molecular formula is C27H36N4O13. The number of anilines is 1. The number of nitrogens with zero attached hydrogens (tertiary/aromatic N) is 1. The number of hydrogen-bond acceptors (Lipinski definition) is 14. The average molecular weight is 625 g/mol. The van der Waals surface area contributed by atoms with E-state index in [0.717, 1.165) is 0 Å². The molecular weight excluding hydrogens is 588 g/mol. The molecule has 5 atom stereocenters. The first-order valence-corrected chi connectivity index (χ1v) is 13.2. The van der Waals surface area contributed by atoms with Crippen molar-refractivity contribution in [2.45, 2.75) is 37.6 Å². The molecule has 3 rings (SSSR count). The molecule has 0 bridgehead atoms. The number of carbonyl (C=O) groups excluding carboxylic acids is 1. The highest BCUT2D eigenvalue weighted by Crippen LogP contribution is 2.38. The number of benzene rings is 2. The van der Waals surface area contributed by atoms with Gasteiger partial charge in [0.2, 0.25) is 12.0 Å². The van der Waals surface area contributed by atoms with Gasteiger partial charge < -0.3 is 70.3 Å². The SMILES string of the molecule is CCNc1cc(OC2OC(COC(=O)c3cc(OC)c(O)c(OC)c3)C(O)C(O)C2O)c(OCNC(N)=NC)cc1C(=O)O. The van der Waals surface area contributed by atoms with Crippen molar-refractivity contribution in [3.05, 3.63) is 35.4 Å². The summed E-state index contributed by atoms with van der Waals surface area (Å²) in [4.78, 5) is 28.4. The molecule has 5 unspecified atom stereocenters. The van der Waals surface area contributed by atoms with E-state index in [1.165, 1.54) is 45.5 Å². The van der Waals surface area contributed by atoms with Crippen LogP contribution in [-0.4, -0.2) is 115 Å². The number of aliphatic hydroxyl groups excluding tert-OH is 3. The Balaban J connectivity index is 1.84. The van der Waals surface area contributed by atoms with Gasteiger partial charge in [-0.1, -0.05) is 0 Å². The van der Waals surface area contributed by atoms with Gasteiger partial charge in [-0.15, -0.1) is 0 Å². The van der Waals surface area contributed by atoms with Crippen LogP contribution < -0.4 is 35.3 Å². The molecule has 1 aliphatic rings. The summed E-state index contributed by atoms with van der Waals surface area (Å²) in [6.45, 7) is 1.25. The summed E-state index contributed by atoms with van der Waals surface area (Å²) in [6, 6.07) is 4.90. The summed E-state index contributed by atoms with van der Waals surface area (Å²) < 4.78 is 32.5. The Kier molecular flexibility index (Phi) is 11.6. The Morgan fingerprint density at radius 3 is 2.23 bits per heavy atom. The highest BCUT2D eigenvalue weighted by atomic mass is 16.7. The van der Waals surface area contributed by atoms with Crippen LogP contribution in [0.4, 0.5) is 5.69 Å². The summed E-state index contributed by atoms with van der Waals surface area (Å²) >= 11 is 0. The van der Waals surface area contributed by atoms with Crippen LogP contribution in [0, 0.1) is 0 Å². The van der Waals surface area contributed by atoms with Crippen molar-refractivity contribution in [3.8, 4) is 28.7 Å². The molecule has 44 heavy (non-hydrogen) atoms. The zero-order chi connectivity index (χ0) is 32.6. The third-order valence-electron chi connectivity index (χ3n) is 6.41. The van der Waals surface area contributed by atoms with Crippen LogP contribution in [0.5, 0.6) is 28.7 Å². The van der Waals surface area contributed by atoms with E-state index >= 15 is 0 Å². The summed E-state index contributed by atoms with van der Waals surface area (Å²) in [5, 5.41) is 57.1. The first kappa shape index (κ1) is 33.8. The first-order chi connectivity index (χ1) is 20.9. The highest BCUT2D eigenvalue weighted by molar-refractivity contribution is 5.95. The number of aromatic carboxylic acids is 1. The topological polar surface area (TPSA) is 253 Å². The fraction of sp³-hybridized carbons (Fsp3) is 0.444. The van der Waals surface area contributed by atoms with E-state index in [2.05, 4.69) is 15.6 Å². The number of methoxy groups -OCH3 is 2. The predicted octanol–water partition coefficient (Wildman–Crippen LogP) is -0.547. The van der Waals surface area contributed by atoms with Crippen molar-refractivity contribution in [2.75, 3.05) is 46.5 Å². The number of rotatable bonds is 13. The minimum Gasteiger partial charge on any atom is -0.502 e. The number of carboxylic acids is 1. The fourth-order valence-electron chi connectivity index (χ4n) is 4.07. The van der Waals surface area contributed by atoms with Gasteiger partial charge in [0.05, 0.1) is 31.0 Å². The fourth-order valence-corrected chi connectivity index (χ4v) is 4.07. The van der Waals surface area contributed by atoms with Crippen LogP contribution in [0.1, 0.15) is 27.6 Å². The summed E-state index contributed by atoms with van der Waals surface area (Å²) in [6.07, 6.45) is -8.33. The molecule has 1 aliphatic heterocycles. The highest BCUT2D eigenvalue weighted by Gasteiger charge is 2.46. The molecule has 9 N–H and O–H groups in total. The summed E-state index contributed by atoms with van der Waals surface area (Å²) in [7, 11) is 4.00.